The monoisotopic (exact) mass is 289 g/mol. The van der Waals surface area contributed by atoms with Crippen molar-refractivity contribution in [1.29, 1.82) is 0 Å². The number of carbonyl (C=O) groups is 1. The number of ketones is 1. The Morgan fingerprint density at radius 3 is 2.90 bits per heavy atom. The van der Waals surface area contributed by atoms with E-state index < -0.39 is 5.76 Å². The van der Waals surface area contributed by atoms with Gasteiger partial charge in [0.25, 0.3) is 0 Å². The zero-order valence-corrected chi connectivity index (χ0v) is 11.2. The van der Waals surface area contributed by atoms with Crippen molar-refractivity contribution in [2.24, 2.45) is 0 Å². The number of rotatable bonds is 4. The van der Waals surface area contributed by atoms with Crippen LogP contribution in [0.25, 0.3) is 11.1 Å². The Morgan fingerprint density at radius 2 is 2.20 bits per heavy atom. The molecule has 1 N–H and O–H groups in total. The molecule has 0 amide bonds. The summed E-state index contributed by atoms with van der Waals surface area (Å²) in [6.45, 7) is -0.199. The topological polar surface area (TPSA) is 72.4 Å². The molecule has 20 heavy (non-hydrogen) atoms. The van der Waals surface area contributed by atoms with Crippen molar-refractivity contribution >= 4 is 28.2 Å². The van der Waals surface area contributed by atoms with E-state index in [2.05, 4.69) is 0 Å². The van der Waals surface area contributed by atoms with Gasteiger partial charge in [-0.05, 0) is 29.1 Å². The van der Waals surface area contributed by atoms with Crippen LogP contribution in [0, 0.1) is 0 Å². The van der Waals surface area contributed by atoms with E-state index >= 15 is 0 Å². The summed E-state index contributed by atoms with van der Waals surface area (Å²) in [6.07, 6.45) is 0. The number of Topliss-reactive ketones (excluding diaryl/α,β-unsaturated/α-hetero) is 1. The molecule has 0 saturated heterocycles. The summed E-state index contributed by atoms with van der Waals surface area (Å²) >= 11 is 1.34. The SMILES string of the molecule is O=C(Cn1c(=O)oc2ccc(CO)cc21)c1cccs1. The maximum absolute atomic E-state index is 12.1. The quantitative estimate of drug-likeness (QED) is 0.746. The molecular weight excluding hydrogens is 278 g/mol. The number of hydrogen-bond acceptors (Lipinski definition) is 5. The Bertz CT molecular complexity index is 813. The third-order valence-electron chi connectivity index (χ3n) is 3.01. The van der Waals surface area contributed by atoms with Crippen molar-refractivity contribution in [2.45, 2.75) is 13.2 Å². The third kappa shape index (κ3) is 2.19. The zero-order chi connectivity index (χ0) is 14.1. The highest BCUT2D eigenvalue weighted by Crippen LogP contribution is 2.17. The lowest BCUT2D eigenvalue weighted by Crippen LogP contribution is -2.19. The lowest BCUT2D eigenvalue weighted by Gasteiger charge is -2.01. The highest BCUT2D eigenvalue weighted by molar-refractivity contribution is 7.12. The molecule has 3 rings (SSSR count). The van der Waals surface area contributed by atoms with Gasteiger partial charge in [0.2, 0.25) is 0 Å². The molecule has 0 radical (unpaired) electrons. The van der Waals surface area contributed by atoms with Crippen molar-refractivity contribution in [1.82, 2.24) is 4.57 Å². The highest BCUT2D eigenvalue weighted by atomic mass is 32.1. The molecule has 0 bridgehead atoms. The summed E-state index contributed by atoms with van der Waals surface area (Å²) in [5.41, 5.74) is 1.59. The van der Waals surface area contributed by atoms with Gasteiger partial charge in [0.15, 0.2) is 11.4 Å². The summed E-state index contributed by atoms with van der Waals surface area (Å²) in [5, 5.41) is 11.0. The van der Waals surface area contributed by atoms with Crippen LogP contribution in [0.15, 0.2) is 44.9 Å². The standard InChI is InChI=1S/C14H11NO4S/c16-8-9-3-4-12-10(6-9)15(14(18)19-12)7-11(17)13-2-1-5-20-13/h1-6,16H,7-8H2. The fraction of sp³-hybridized carbons (Fsp3) is 0.143. The van der Waals surface area contributed by atoms with Crippen LogP contribution in [0.4, 0.5) is 0 Å². The second kappa shape index (κ2) is 5.07. The molecule has 0 fully saturated rings. The summed E-state index contributed by atoms with van der Waals surface area (Å²) in [5.74, 6) is -0.709. The molecule has 3 aromatic rings. The average Bonchev–Trinajstić information content (AvgIpc) is 3.07. The van der Waals surface area contributed by atoms with E-state index in [0.717, 1.165) is 0 Å². The zero-order valence-electron chi connectivity index (χ0n) is 10.4. The van der Waals surface area contributed by atoms with Gasteiger partial charge in [0, 0.05) is 0 Å². The van der Waals surface area contributed by atoms with Crippen LogP contribution in [0.2, 0.25) is 0 Å². The second-order valence-electron chi connectivity index (χ2n) is 4.31. The molecule has 102 valence electrons. The first-order valence-corrected chi connectivity index (χ1v) is 6.87. The fourth-order valence-electron chi connectivity index (χ4n) is 2.01. The van der Waals surface area contributed by atoms with Gasteiger partial charge in [-0.15, -0.1) is 11.3 Å². The first-order chi connectivity index (χ1) is 9.69. The van der Waals surface area contributed by atoms with Gasteiger partial charge in [-0.2, -0.15) is 0 Å². The van der Waals surface area contributed by atoms with Gasteiger partial charge in [-0.3, -0.25) is 9.36 Å². The molecule has 0 aliphatic heterocycles. The number of benzene rings is 1. The molecule has 5 nitrogen and oxygen atoms in total. The number of aliphatic hydroxyl groups excluding tert-OH is 1. The van der Waals surface area contributed by atoms with E-state index in [4.69, 9.17) is 9.52 Å². The number of thiophene rings is 1. The van der Waals surface area contributed by atoms with Gasteiger partial charge >= 0.3 is 5.76 Å². The molecule has 6 heteroatoms. The van der Waals surface area contributed by atoms with E-state index in [1.807, 2.05) is 5.38 Å². The predicted molar refractivity (Wildman–Crippen MR) is 75.0 cm³/mol. The molecule has 2 heterocycles. The van der Waals surface area contributed by atoms with Crippen LogP contribution in [0.3, 0.4) is 0 Å². The molecule has 0 unspecified atom stereocenters. The van der Waals surface area contributed by atoms with Crippen LogP contribution in [0.1, 0.15) is 15.2 Å². The Labute approximate surface area is 117 Å². The molecule has 1 aromatic carbocycles. The van der Waals surface area contributed by atoms with Crippen LogP contribution in [-0.4, -0.2) is 15.5 Å². The molecule has 0 saturated carbocycles. The molecule has 0 atom stereocenters. The molecule has 0 aliphatic carbocycles. The van der Waals surface area contributed by atoms with Crippen molar-refractivity contribution in [2.75, 3.05) is 0 Å². The minimum Gasteiger partial charge on any atom is -0.408 e. The fourth-order valence-corrected chi connectivity index (χ4v) is 2.67. The first-order valence-electron chi connectivity index (χ1n) is 5.99. The van der Waals surface area contributed by atoms with Crippen LogP contribution >= 0.6 is 11.3 Å². The molecule has 2 aromatic heterocycles. The van der Waals surface area contributed by atoms with E-state index in [1.165, 1.54) is 15.9 Å². The van der Waals surface area contributed by atoms with E-state index in [1.54, 1.807) is 30.3 Å². The lowest BCUT2D eigenvalue weighted by molar-refractivity contribution is 0.0974. The number of hydrogen-bond donors (Lipinski definition) is 1. The molecule has 0 aliphatic rings. The number of aliphatic hydroxyl groups is 1. The maximum atomic E-state index is 12.1. The summed E-state index contributed by atoms with van der Waals surface area (Å²) in [4.78, 5) is 24.5. The summed E-state index contributed by atoms with van der Waals surface area (Å²) in [6, 6.07) is 8.46. The number of oxazole rings is 1. The van der Waals surface area contributed by atoms with E-state index in [0.29, 0.717) is 21.5 Å². The second-order valence-corrected chi connectivity index (χ2v) is 5.26. The Morgan fingerprint density at radius 1 is 1.35 bits per heavy atom. The smallest absolute Gasteiger partial charge is 0.408 e. The minimum atomic E-state index is -0.569. The first kappa shape index (κ1) is 12.8. The van der Waals surface area contributed by atoms with Gasteiger partial charge in [0.05, 0.1) is 23.5 Å². The summed E-state index contributed by atoms with van der Waals surface area (Å²) < 4.78 is 6.38. The Kier molecular flexibility index (Phi) is 3.25. The normalized spacial score (nSPS) is 11.1. The largest absolute Gasteiger partial charge is 0.420 e. The third-order valence-corrected chi connectivity index (χ3v) is 3.92. The van der Waals surface area contributed by atoms with Crippen LogP contribution in [-0.2, 0) is 13.2 Å². The minimum absolute atomic E-state index is 0.0682. The Hall–Kier alpha value is -2.18. The lowest BCUT2D eigenvalue weighted by atomic mass is 10.2. The number of aromatic nitrogens is 1. The summed E-state index contributed by atoms with van der Waals surface area (Å²) in [7, 11) is 0. The van der Waals surface area contributed by atoms with E-state index in [-0.39, 0.29) is 18.9 Å². The number of nitrogens with zero attached hydrogens (tertiary/aromatic N) is 1. The van der Waals surface area contributed by atoms with Gasteiger partial charge < -0.3 is 9.52 Å². The van der Waals surface area contributed by atoms with Crippen molar-refractivity contribution in [3.63, 3.8) is 0 Å². The molecule has 0 spiro atoms. The average molecular weight is 289 g/mol. The van der Waals surface area contributed by atoms with Crippen LogP contribution < -0.4 is 5.76 Å². The van der Waals surface area contributed by atoms with Gasteiger partial charge in [0.1, 0.15) is 0 Å². The van der Waals surface area contributed by atoms with Gasteiger partial charge in [-0.25, -0.2) is 4.79 Å². The van der Waals surface area contributed by atoms with E-state index in [9.17, 15) is 9.59 Å². The van der Waals surface area contributed by atoms with Crippen molar-refractivity contribution in [3.05, 3.63) is 56.7 Å². The van der Waals surface area contributed by atoms with Crippen LogP contribution in [0.5, 0.6) is 0 Å². The molecular formula is C14H11NO4S. The number of fused-ring (bicyclic) bond motifs is 1. The number of carbonyl (C=O) groups excluding carboxylic acids is 1. The predicted octanol–water partition coefficient (Wildman–Crippen LogP) is 2.03. The van der Waals surface area contributed by atoms with Crippen molar-refractivity contribution in [3.8, 4) is 0 Å². The van der Waals surface area contributed by atoms with Crippen molar-refractivity contribution < 1.29 is 14.3 Å². The highest BCUT2D eigenvalue weighted by Gasteiger charge is 2.15. The Balaban J connectivity index is 2.04. The maximum Gasteiger partial charge on any atom is 0.420 e. The van der Waals surface area contributed by atoms with Gasteiger partial charge in [-0.1, -0.05) is 12.1 Å².